The molecule has 23 heavy (non-hydrogen) atoms. The van der Waals surface area contributed by atoms with Gasteiger partial charge in [0.1, 0.15) is 16.4 Å². The molecule has 0 aliphatic heterocycles. The van der Waals surface area contributed by atoms with Crippen LogP contribution in [0.3, 0.4) is 0 Å². The molecule has 1 heterocycles. The predicted molar refractivity (Wildman–Crippen MR) is 79.4 cm³/mol. The smallest absolute Gasteiger partial charge is 0.444 e. The number of carbonyl (C=O) groups is 1. The Kier molecular flexibility index (Phi) is 4.69. The van der Waals surface area contributed by atoms with E-state index in [0.29, 0.717) is 15.2 Å². The Hall–Kier alpha value is -2.03. The third kappa shape index (κ3) is 5.59. The summed E-state index contributed by atoms with van der Waals surface area (Å²) in [5.74, 6) is -0.305. The van der Waals surface area contributed by atoms with Gasteiger partial charge >= 0.3 is 12.5 Å². The van der Waals surface area contributed by atoms with Gasteiger partial charge in [-0.15, -0.1) is 24.5 Å². The molecule has 9 heteroatoms. The number of alkyl carbamates (subject to hydrolysis) is 1. The molecule has 0 bridgehead atoms. The highest BCUT2D eigenvalue weighted by molar-refractivity contribution is 7.18. The van der Waals surface area contributed by atoms with E-state index in [1.165, 1.54) is 29.5 Å². The van der Waals surface area contributed by atoms with Crippen molar-refractivity contribution >= 4 is 27.6 Å². The van der Waals surface area contributed by atoms with Gasteiger partial charge in [-0.3, -0.25) is 0 Å². The predicted octanol–water partition coefficient (Wildman–Crippen LogP) is 4.22. The van der Waals surface area contributed by atoms with Crippen molar-refractivity contribution in [3.8, 4) is 5.75 Å². The normalized spacial score (nSPS) is 12.3. The summed E-state index contributed by atoms with van der Waals surface area (Å²) in [4.78, 5) is 15.8. The Balaban J connectivity index is 2.04. The van der Waals surface area contributed by atoms with Crippen molar-refractivity contribution in [1.82, 2.24) is 10.3 Å². The van der Waals surface area contributed by atoms with Gasteiger partial charge in [0.2, 0.25) is 0 Å². The van der Waals surface area contributed by atoms with Gasteiger partial charge in [0.05, 0.1) is 16.8 Å². The fourth-order valence-corrected chi connectivity index (χ4v) is 2.62. The first-order chi connectivity index (χ1) is 10.5. The minimum atomic E-state index is -4.74. The molecule has 0 unspecified atom stereocenters. The number of amides is 1. The molecule has 126 valence electrons. The average molecular weight is 348 g/mol. The van der Waals surface area contributed by atoms with Gasteiger partial charge in [0.15, 0.2) is 0 Å². The molecule has 0 saturated carbocycles. The van der Waals surface area contributed by atoms with E-state index in [4.69, 9.17) is 4.74 Å². The van der Waals surface area contributed by atoms with Crippen LogP contribution in [-0.2, 0) is 11.3 Å². The number of halogens is 3. The van der Waals surface area contributed by atoms with E-state index in [9.17, 15) is 18.0 Å². The molecule has 2 aromatic rings. The van der Waals surface area contributed by atoms with Crippen molar-refractivity contribution in [2.45, 2.75) is 39.3 Å². The van der Waals surface area contributed by atoms with E-state index in [1.54, 1.807) is 20.8 Å². The van der Waals surface area contributed by atoms with Crippen LogP contribution in [0.15, 0.2) is 18.2 Å². The molecule has 0 spiro atoms. The lowest BCUT2D eigenvalue weighted by atomic mass is 10.2. The topological polar surface area (TPSA) is 60.5 Å². The second-order valence-electron chi connectivity index (χ2n) is 5.64. The van der Waals surface area contributed by atoms with Gasteiger partial charge in [-0.2, -0.15) is 0 Å². The van der Waals surface area contributed by atoms with Crippen molar-refractivity contribution in [2.75, 3.05) is 0 Å². The first kappa shape index (κ1) is 17.3. The zero-order chi connectivity index (χ0) is 17.3. The van der Waals surface area contributed by atoms with Crippen molar-refractivity contribution in [3.05, 3.63) is 23.2 Å². The largest absolute Gasteiger partial charge is 0.573 e. The Morgan fingerprint density at radius 3 is 2.61 bits per heavy atom. The van der Waals surface area contributed by atoms with Gasteiger partial charge in [0, 0.05) is 0 Å². The molecule has 0 saturated heterocycles. The number of hydrogen-bond acceptors (Lipinski definition) is 5. The maximum atomic E-state index is 12.2. The molecule has 0 aliphatic rings. The van der Waals surface area contributed by atoms with Crippen molar-refractivity contribution in [1.29, 1.82) is 0 Å². The summed E-state index contributed by atoms with van der Waals surface area (Å²) >= 11 is 1.17. The van der Waals surface area contributed by atoms with Crippen LogP contribution in [0.1, 0.15) is 25.8 Å². The van der Waals surface area contributed by atoms with Crippen molar-refractivity contribution < 1.29 is 27.4 Å². The molecule has 0 fully saturated rings. The van der Waals surface area contributed by atoms with Crippen LogP contribution in [0.4, 0.5) is 18.0 Å². The van der Waals surface area contributed by atoms with Gasteiger partial charge in [0.25, 0.3) is 0 Å². The van der Waals surface area contributed by atoms with Crippen LogP contribution >= 0.6 is 11.3 Å². The molecular formula is C14H15F3N2O3S. The molecule has 0 aliphatic carbocycles. The maximum absolute atomic E-state index is 12.2. The van der Waals surface area contributed by atoms with E-state index >= 15 is 0 Å². The van der Waals surface area contributed by atoms with E-state index < -0.39 is 18.1 Å². The first-order valence-electron chi connectivity index (χ1n) is 6.64. The van der Waals surface area contributed by atoms with Gasteiger partial charge < -0.3 is 14.8 Å². The zero-order valence-corrected chi connectivity index (χ0v) is 13.5. The number of fused-ring (bicyclic) bond motifs is 1. The Morgan fingerprint density at radius 1 is 1.30 bits per heavy atom. The average Bonchev–Trinajstić information content (AvgIpc) is 2.74. The Bertz CT molecular complexity index is 707. The number of carbonyl (C=O) groups excluding carboxylic acids is 1. The van der Waals surface area contributed by atoms with Gasteiger partial charge in [-0.25, -0.2) is 9.78 Å². The molecule has 5 nitrogen and oxygen atoms in total. The number of aromatic nitrogens is 1. The fourth-order valence-electron chi connectivity index (χ4n) is 1.69. The monoisotopic (exact) mass is 348 g/mol. The Morgan fingerprint density at radius 2 is 2.00 bits per heavy atom. The molecule has 1 aromatic heterocycles. The molecule has 1 N–H and O–H groups in total. The van der Waals surface area contributed by atoms with E-state index in [1.807, 2.05) is 0 Å². The minimum Gasteiger partial charge on any atom is -0.444 e. The van der Waals surface area contributed by atoms with Crippen LogP contribution in [0, 0.1) is 0 Å². The Labute approximate surface area is 134 Å². The number of alkyl halides is 3. The lowest BCUT2D eigenvalue weighted by Gasteiger charge is -2.19. The van der Waals surface area contributed by atoms with Crippen molar-refractivity contribution in [2.24, 2.45) is 0 Å². The lowest BCUT2D eigenvalue weighted by Crippen LogP contribution is -2.32. The maximum Gasteiger partial charge on any atom is 0.573 e. The van der Waals surface area contributed by atoms with Crippen LogP contribution in [0.25, 0.3) is 10.2 Å². The number of rotatable bonds is 3. The quantitative estimate of drug-likeness (QED) is 0.902. The summed E-state index contributed by atoms with van der Waals surface area (Å²) in [5.41, 5.74) is -0.0767. The zero-order valence-electron chi connectivity index (χ0n) is 12.7. The van der Waals surface area contributed by atoms with Crippen LogP contribution in [0.5, 0.6) is 5.75 Å². The molecule has 0 radical (unpaired) electrons. The van der Waals surface area contributed by atoms with E-state index in [0.717, 1.165) is 0 Å². The third-order valence-electron chi connectivity index (χ3n) is 2.42. The molecule has 0 atom stereocenters. The molecule has 1 aromatic carbocycles. The number of nitrogens with zero attached hydrogens (tertiary/aromatic N) is 1. The fraction of sp³-hybridized carbons (Fsp3) is 0.429. The lowest BCUT2D eigenvalue weighted by molar-refractivity contribution is -0.274. The number of thiazole rings is 1. The second kappa shape index (κ2) is 6.23. The summed E-state index contributed by atoms with van der Waals surface area (Å²) in [5, 5.41) is 3.10. The number of ether oxygens (including phenoxy) is 2. The molecule has 1 amide bonds. The van der Waals surface area contributed by atoms with Crippen molar-refractivity contribution in [3.63, 3.8) is 0 Å². The highest BCUT2D eigenvalue weighted by Crippen LogP contribution is 2.29. The van der Waals surface area contributed by atoms with Crippen LogP contribution in [0.2, 0.25) is 0 Å². The second-order valence-corrected chi connectivity index (χ2v) is 6.76. The first-order valence-corrected chi connectivity index (χ1v) is 7.45. The number of nitrogens with one attached hydrogen (secondary N) is 1. The third-order valence-corrected chi connectivity index (χ3v) is 3.44. The highest BCUT2D eigenvalue weighted by Gasteiger charge is 2.31. The summed E-state index contributed by atoms with van der Waals surface area (Å²) in [6.07, 6.45) is -5.32. The van der Waals surface area contributed by atoms with Crippen LogP contribution < -0.4 is 10.1 Å². The minimum absolute atomic E-state index is 0.129. The summed E-state index contributed by atoms with van der Waals surface area (Å²) in [7, 11) is 0. The van der Waals surface area contributed by atoms with E-state index in [2.05, 4.69) is 15.0 Å². The summed E-state index contributed by atoms with van der Waals surface area (Å²) in [6, 6.07) is 3.89. The number of hydrogen-bond donors (Lipinski definition) is 1. The number of benzene rings is 1. The summed E-state index contributed by atoms with van der Waals surface area (Å²) in [6.45, 7) is 5.36. The standard InChI is InChI=1S/C14H15F3N2O3S/c1-13(2,3)22-12(20)18-7-11-19-9-5-4-8(6-10(9)23-11)21-14(15,16)17/h4-6H,7H2,1-3H3,(H,18,20). The molecule has 2 rings (SSSR count). The van der Waals surface area contributed by atoms with E-state index in [-0.39, 0.29) is 12.3 Å². The van der Waals surface area contributed by atoms with Gasteiger partial charge in [-0.1, -0.05) is 0 Å². The SMILES string of the molecule is CC(C)(C)OC(=O)NCc1nc2ccc(OC(F)(F)F)cc2s1. The van der Waals surface area contributed by atoms with Gasteiger partial charge in [-0.05, 0) is 39.0 Å². The summed E-state index contributed by atoms with van der Waals surface area (Å²) < 4.78 is 46.1. The highest BCUT2D eigenvalue weighted by atomic mass is 32.1. The molecular weight excluding hydrogens is 333 g/mol. The van der Waals surface area contributed by atoms with Crippen LogP contribution in [-0.4, -0.2) is 23.0 Å².